The molecule has 0 nitrogen and oxygen atoms in total. The Balaban J connectivity index is 0.00000136. The van der Waals surface area contributed by atoms with Gasteiger partial charge in [0.25, 0.3) is 0 Å². The molecule has 0 radical (unpaired) electrons. The van der Waals surface area contributed by atoms with Gasteiger partial charge in [0.1, 0.15) is 0 Å². The summed E-state index contributed by atoms with van der Waals surface area (Å²) < 4.78 is 0. The summed E-state index contributed by atoms with van der Waals surface area (Å²) in [6.07, 6.45) is 14.7. The van der Waals surface area contributed by atoms with Crippen LogP contribution in [-0.4, -0.2) is 0 Å². The Kier molecular flexibility index (Phi) is 7.77. The smallest absolute Gasteiger partial charge is 0.0301 e. The van der Waals surface area contributed by atoms with Crippen molar-refractivity contribution in [3.05, 3.63) is 139 Å². The molecule has 0 bridgehead atoms. The van der Waals surface area contributed by atoms with Gasteiger partial charge in [0, 0.05) is 5.41 Å². The summed E-state index contributed by atoms with van der Waals surface area (Å²) in [5, 5.41) is 0. The molecule has 0 heterocycles. The molecule has 0 fully saturated rings. The van der Waals surface area contributed by atoms with Gasteiger partial charge >= 0.3 is 0 Å². The fraction of sp³-hybridized carbons (Fsp3) is 0.143. The first-order chi connectivity index (χ1) is 13.7. The molecule has 0 spiro atoms. The van der Waals surface area contributed by atoms with Crippen molar-refractivity contribution in [3.8, 4) is 0 Å². The Morgan fingerprint density at radius 3 is 2.00 bits per heavy atom. The van der Waals surface area contributed by atoms with Crippen molar-refractivity contribution in [2.75, 3.05) is 0 Å². The molecule has 0 saturated carbocycles. The summed E-state index contributed by atoms with van der Waals surface area (Å²) in [5.41, 5.74) is 5.68. The molecule has 1 atom stereocenters. The summed E-state index contributed by atoms with van der Waals surface area (Å²) >= 11 is 0. The normalized spacial score (nSPS) is 18.8. The quantitative estimate of drug-likeness (QED) is 0.473. The average Bonchev–Trinajstić information content (AvgIpc) is 2.95. The van der Waals surface area contributed by atoms with Crippen molar-refractivity contribution in [1.29, 1.82) is 0 Å². The van der Waals surface area contributed by atoms with E-state index in [4.69, 9.17) is 0 Å². The zero-order valence-corrected chi connectivity index (χ0v) is 17.2. The van der Waals surface area contributed by atoms with E-state index in [0.29, 0.717) is 0 Å². The summed E-state index contributed by atoms with van der Waals surface area (Å²) in [7, 11) is 0. The standard InChI is InChI=1S/C26H24.C2H6/c1-4-12-21(5-2)23-17-18-24(22-13-8-6-9-14-22)20-26(3,19-23)25-15-10-7-11-16-25;1-2/h4-20H,1-2H2,3H3;1-2H3/b21-12+;. The van der Waals surface area contributed by atoms with Gasteiger partial charge in [-0.3, -0.25) is 0 Å². The fourth-order valence-electron chi connectivity index (χ4n) is 3.33. The van der Waals surface area contributed by atoms with E-state index < -0.39 is 0 Å². The monoisotopic (exact) mass is 366 g/mol. The lowest BCUT2D eigenvalue weighted by molar-refractivity contribution is 0.757. The first-order valence-electron chi connectivity index (χ1n) is 9.86. The lowest BCUT2D eigenvalue weighted by atomic mass is 9.79. The molecule has 0 aromatic heterocycles. The van der Waals surface area contributed by atoms with Crippen LogP contribution in [0.4, 0.5) is 0 Å². The molecule has 0 N–H and O–H groups in total. The molecule has 0 saturated heterocycles. The van der Waals surface area contributed by atoms with Crippen molar-refractivity contribution >= 4 is 5.57 Å². The second kappa shape index (κ2) is 10.3. The number of allylic oxidation sites excluding steroid dienone is 10. The van der Waals surface area contributed by atoms with Crippen LogP contribution >= 0.6 is 0 Å². The molecule has 0 heteroatoms. The van der Waals surface area contributed by atoms with Gasteiger partial charge < -0.3 is 0 Å². The zero-order chi connectivity index (χ0) is 20.4. The van der Waals surface area contributed by atoms with Crippen molar-refractivity contribution < 1.29 is 0 Å². The van der Waals surface area contributed by atoms with Crippen LogP contribution in [0, 0.1) is 0 Å². The van der Waals surface area contributed by atoms with Crippen molar-refractivity contribution in [3.63, 3.8) is 0 Å². The minimum Gasteiger partial charge on any atom is -0.0990 e. The van der Waals surface area contributed by atoms with Gasteiger partial charge in [0.15, 0.2) is 0 Å². The van der Waals surface area contributed by atoms with Gasteiger partial charge in [-0.25, -0.2) is 0 Å². The predicted octanol–water partition coefficient (Wildman–Crippen LogP) is 7.85. The second-order valence-electron chi connectivity index (χ2n) is 6.61. The highest BCUT2D eigenvalue weighted by Crippen LogP contribution is 2.36. The van der Waals surface area contributed by atoms with Crippen LogP contribution in [-0.2, 0) is 5.41 Å². The minimum absolute atomic E-state index is 0.228. The van der Waals surface area contributed by atoms with Crippen LogP contribution in [0.2, 0.25) is 0 Å². The van der Waals surface area contributed by atoms with E-state index in [9.17, 15) is 0 Å². The lowest BCUT2D eigenvalue weighted by Gasteiger charge is -2.24. The Morgan fingerprint density at radius 2 is 1.43 bits per heavy atom. The van der Waals surface area contributed by atoms with E-state index >= 15 is 0 Å². The highest BCUT2D eigenvalue weighted by Gasteiger charge is 2.24. The maximum atomic E-state index is 3.98. The summed E-state index contributed by atoms with van der Waals surface area (Å²) in [5.74, 6) is 0. The molecule has 28 heavy (non-hydrogen) atoms. The second-order valence-corrected chi connectivity index (χ2v) is 6.61. The lowest BCUT2D eigenvalue weighted by Crippen LogP contribution is -2.16. The predicted molar refractivity (Wildman–Crippen MR) is 125 cm³/mol. The summed E-state index contributed by atoms with van der Waals surface area (Å²) in [6.45, 7) is 14.1. The molecule has 0 aliphatic heterocycles. The van der Waals surface area contributed by atoms with Crippen LogP contribution in [0.15, 0.2) is 127 Å². The first-order valence-corrected chi connectivity index (χ1v) is 9.86. The number of hydrogen-bond acceptors (Lipinski definition) is 0. The van der Waals surface area contributed by atoms with Gasteiger partial charge in [-0.05, 0) is 34.8 Å². The molecule has 0 amide bonds. The van der Waals surface area contributed by atoms with E-state index in [1.165, 1.54) is 16.7 Å². The third kappa shape index (κ3) is 4.98. The molecule has 1 aliphatic rings. The largest absolute Gasteiger partial charge is 0.0990 e. The Morgan fingerprint density at radius 1 is 0.821 bits per heavy atom. The van der Waals surface area contributed by atoms with Crippen LogP contribution in [0.25, 0.3) is 5.57 Å². The number of hydrogen-bond donors (Lipinski definition) is 0. The molecule has 142 valence electrons. The van der Waals surface area contributed by atoms with E-state index in [2.05, 4.69) is 99.0 Å². The molecular weight excluding hydrogens is 336 g/mol. The molecule has 1 aliphatic carbocycles. The van der Waals surface area contributed by atoms with E-state index in [1.807, 2.05) is 38.1 Å². The molecule has 2 aromatic rings. The van der Waals surface area contributed by atoms with Gasteiger partial charge in [-0.15, -0.1) is 0 Å². The number of rotatable bonds is 5. The Labute approximate surface area is 170 Å². The Hall–Kier alpha value is -3.12. The molecular formula is C28H30. The maximum absolute atomic E-state index is 3.98. The topological polar surface area (TPSA) is 0 Å². The van der Waals surface area contributed by atoms with Crippen molar-refractivity contribution in [2.45, 2.75) is 26.2 Å². The minimum atomic E-state index is -0.228. The van der Waals surface area contributed by atoms with Crippen molar-refractivity contribution in [2.24, 2.45) is 0 Å². The first kappa shape index (κ1) is 21.2. The molecule has 2 aromatic carbocycles. The van der Waals surface area contributed by atoms with Gasteiger partial charge in [-0.1, -0.05) is 130 Å². The maximum Gasteiger partial charge on any atom is 0.0301 e. The van der Waals surface area contributed by atoms with Crippen LogP contribution < -0.4 is 0 Å². The summed E-state index contributed by atoms with van der Waals surface area (Å²) in [6, 6.07) is 21.1. The fourth-order valence-corrected chi connectivity index (χ4v) is 3.33. The summed E-state index contributed by atoms with van der Waals surface area (Å²) in [4.78, 5) is 0. The van der Waals surface area contributed by atoms with Crippen LogP contribution in [0.1, 0.15) is 31.9 Å². The highest BCUT2D eigenvalue weighted by molar-refractivity contribution is 5.78. The third-order valence-corrected chi connectivity index (χ3v) is 4.71. The highest BCUT2D eigenvalue weighted by atomic mass is 14.3. The average molecular weight is 367 g/mol. The third-order valence-electron chi connectivity index (χ3n) is 4.71. The van der Waals surface area contributed by atoms with Crippen LogP contribution in [0.5, 0.6) is 0 Å². The molecule has 3 rings (SSSR count). The van der Waals surface area contributed by atoms with Gasteiger partial charge in [-0.2, -0.15) is 0 Å². The van der Waals surface area contributed by atoms with Gasteiger partial charge in [0.2, 0.25) is 0 Å². The zero-order valence-electron chi connectivity index (χ0n) is 17.2. The number of benzene rings is 2. The van der Waals surface area contributed by atoms with Crippen LogP contribution in [0.3, 0.4) is 0 Å². The van der Waals surface area contributed by atoms with Crippen molar-refractivity contribution in [1.82, 2.24) is 0 Å². The van der Waals surface area contributed by atoms with Gasteiger partial charge in [0.05, 0.1) is 0 Å². The SMILES string of the molecule is C=C/C=C(\C=C)C1=CC(C)(c2ccccc2)C=C(c2ccccc2)C=C1.CC. The van der Waals surface area contributed by atoms with E-state index in [1.54, 1.807) is 0 Å². The molecule has 1 unspecified atom stereocenters. The van der Waals surface area contributed by atoms with E-state index in [0.717, 1.165) is 11.1 Å². The Bertz CT molecular complexity index is 905. The van der Waals surface area contributed by atoms with E-state index in [-0.39, 0.29) is 5.41 Å².